The van der Waals surface area contributed by atoms with E-state index >= 15 is 0 Å². The van der Waals surface area contributed by atoms with E-state index in [2.05, 4.69) is 9.97 Å². The van der Waals surface area contributed by atoms with Crippen molar-refractivity contribution in [2.75, 3.05) is 6.61 Å². The van der Waals surface area contributed by atoms with Gasteiger partial charge in [-0.25, -0.2) is 9.37 Å². The molecule has 0 atom stereocenters. The van der Waals surface area contributed by atoms with Crippen molar-refractivity contribution < 1.29 is 24.1 Å². The number of aromatic nitrogens is 2. The van der Waals surface area contributed by atoms with Gasteiger partial charge in [0, 0.05) is 12.0 Å². The van der Waals surface area contributed by atoms with Crippen molar-refractivity contribution in [1.82, 2.24) is 9.97 Å². The Morgan fingerprint density at radius 2 is 2.08 bits per heavy atom. The molecule has 0 radical (unpaired) electrons. The number of aliphatic hydroxyl groups excluding tert-OH is 1. The van der Waals surface area contributed by atoms with Crippen LogP contribution < -0.4 is 9.47 Å². The van der Waals surface area contributed by atoms with Crippen LogP contribution in [-0.4, -0.2) is 39.2 Å². The van der Waals surface area contributed by atoms with Crippen molar-refractivity contribution in [3.8, 4) is 22.9 Å². The van der Waals surface area contributed by atoms with Gasteiger partial charge in [-0.3, -0.25) is 4.98 Å². The summed E-state index contributed by atoms with van der Waals surface area (Å²) in [7, 11) is 0. The van der Waals surface area contributed by atoms with Crippen LogP contribution in [0.4, 0.5) is 4.39 Å². The molecular weight excluding hydrogens is 363 g/mol. The van der Waals surface area contributed by atoms with Crippen LogP contribution in [0.15, 0.2) is 24.5 Å². The van der Waals surface area contributed by atoms with Gasteiger partial charge in [0.15, 0.2) is 17.9 Å². The lowest BCUT2D eigenvalue weighted by Gasteiger charge is -2.25. The van der Waals surface area contributed by atoms with E-state index in [1.54, 1.807) is 6.07 Å². The van der Waals surface area contributed by atoms with Crippen molar-refractivity contribution in [3.05, 3.63) is 35.4 Å². The second kappa shape index (κ2) is 8.62. The lowest BCUT2D eigenvalue weighted by Crippen LogP contribution is -2.25. The van der Waals surface area contributed by atoms with Crippen molar-refractivity contribution in [3.63, 3.8) is 0 Å². The molecule has 8 heteroatoms. The predicted octanol–water partition coefficient (Wildman–Crippen LogP) is 3.34. The standard InChI is InChI=1S/C18H20ClFN2O4/c19-13-7-11(8-14(20)18(13)25-6-2-5-17(23)24)15-9-21-10-16(22-15)26-12-3-1-4-12/h7-10,12,17,23-24H,1-6H2. The van der Waals surface area contributed by atoms with Crippen LogP contribution >= 0.6 is 11.6 Å². The number of nitrogens with zero attached hydrogens (tertiary/aromatic N) is 2. The number of halogens is 2. The van der Waals surface area contributed by atoms with Crippen LogP contribution in [-0.2, 0) is 0 Å². The lowest BCUT2D eigenvalue weighted by molar-refractivity contribution is -0.0480. The Balaban J connectivity index is 1.71. The monoisotopic (exact) mass is 382 g/mol. The molecule has 3 rings (SSSR count). The molecule has 1 aliphatic carbocycles. The SMILES string of the molecule is OC(O)CCCOc1c(F)cc(-c2cncc(OC3CCC3)n2)cc1Cl. The predicted molar refractivity (Wildman–Crippen MR) is 93.7 cm³/mol. The molecule has 26 heavy (non-hydrogen) atoms. The molecule has 0 bridgehead atoms. The summed E-state index contributed by atoms with van der Waals surface area (Å²) in [6.07, 6.45) is 5.48. The molecule has 6 nitrogen and oxygen atoms in total. The third-order valence-corrected chi connectivity index (χ3v) is 4.38. The smallest absolute Gasteiger partial charge is 0.233 e. The van der Waals surface area contributed by atoms with Crippen molar-refractivity contribution >= 4 is 11.6 Å². The number of benzene rings is 1. The first-order chi connectivity index (χ1) is 12.5. The number of hydrogen-bond donors (Lipinski definition) is 2. The minimum atomic E-state index is -1.41. The van der Waals surface area contributed by atoms with Crippen LogP contribution in [0.1, 0.15) is 32.1 Å². The van der Waals surface area contributed by atoms with Crippen LogP contribution in [0, 0.1) is 5.82 Å². The van der Waals surface area contributed by atoms with E-state index in [-0.39, 0.29) is 29.9 Å². The average molecular weight is 383 g/mol. The summed E-state index contributed by atoms with van der Waals surface area (Å²) in [6, 6.07) is 2.83. The van der Waals surface area contributed by atoms with E-state index in [9.17, 15) is 4.39 Å². The number of rotatable bonds is 8. The summed E-state index contributed by atoms with van der Waals surface area (Å²) < 4.78 is 25.4. The molecule has 1 fully saturated rings. The second-order valence-electron chi connectivity index (χ2n) is 6.15. The molecule has 1 aromatic carbocycles. The largest absolute Gasteiger partial charge is 0.489 e. The quantitative estimate of drug-likeness (QED) is 0.538. The third kappa shape index (κ3) is 4.81. The molecule has 1 aromatic heterocycles. The highest BCUT2D eigenvalue weighted by Gasteiger charge is 2.20. The van der Waals surface area contributed by atoms with Gasteiger partial charge < -0.3 is 19.7 Å². The molecule has 0 spiro atoms. The highest BCUT2D eigenvalue weighted by Crippen LogP contribution is 2.33. The van der Waals surface area contributed by atoms with Gasteiger partial charge in [0.25, 0.3) is 0 Å². The fourth-order valence-corrected chi connectivity index (χ4v) is 2.75. The first-order valence-corrected chi connectivity index (χ1v) is 8.88. The molecule has 0 unspecified atom stereocenters. The van der Waals surface area contributed by atoms with Crippen molar-refractivity contribution in [2.45, 2.75) is 44.5 Å². The highest BCUT2D eigenvalue weighted by molar-refractivity contribution is 6.32. The molecular formula is C18H20ClFN2O4. The number of ether oxygens (including phenoxy) is 2. The Morgan fingerprint density at radius 1 is 1.27 bits per heavy atom. The minimum Gasteiger partial charge on any atom is -0.489 e. The van der Waals surface area contributed by atoms with E-state index in [4.69, 9.17) is 31.3 Å². The van der Waals surface area contributed by atoms with Gasteiger partial charge >= 0.3 is 0 Å². The maximum atomic E-state index is 14.4. The van der Waals surface area contributed by atoms with Gasteiger partial charge in [-0.2, -0.15) is 0 Å². The van der Waals surface area contributed by atoms with Gasteiger partial charge in [0.1, 0.15) is 6.10 Å². The number of hydrogen-bond acceptors (Lipinski definition) is 6. The Labute approximate surface area is 155 Å². The molecule has 1 heterocycles. The van der Waals surface area contributed by atoms with E-state index in [0.29, 0.717) is 23.6 Å². The van der Waals surface area contributed by atoms with Crippen molar-refractivity contribution in [2.24, 2.45) is 0 Å². The third-order valence-electron chi connectivity index (χ3n) is 4.10. The first-order valence-electron chi connectivity index (χ1n) is 8.50. The Morgan fingerprint density at radius 3 is 2.73 bits per heavy atom. The van der Waals surface area contributed by atoms with Gasteiger partial charge in [-0.05, 0) is 37.8 Å². The number of aliphatic hydroxyl groups is 2. The van der Waals surface area contributed by atoms with E-state index in [1.165, 1.54) is 18.5 Å². The molecule has 1 saturated carbocycles. The minimum absolute atomic E-state index is 0.0716. The maximum absolute atomic E-state index is 14.4. The van der Waals surface area contributed by atoms with Gasteiger partial charge in [-0.1, -0.05) is 11.6 Å². The first kappa shape index (κ1) is 18.8. The zero-order valence-corrected chi connectivity index (χ0v) is 14.8. The van der Waals surface area contributed by atoms with E-state index in [1.807, 2.05) is 0 Å². The zero-order chi connectivity index (χ0) is 18.5. The normalized spacial score (nSPS) is 14.3. The van der Waals surface area contributed by atoms with Gasteiger partial charge in [0.05, 0.1) is 29.7 Å². The van der Waals surface area contributed by atoms with Gasteiger partial charge in [0.2, 0.25) is 5.88 Å². The molecule has 1 aliphatic rings. The maximum Gasteiger partial charge on any atom is 0.233 e. The summed E-state index contributed by atoms with van der Waals surface area (Å²) in [5.41, 5.74) is 0.926. The van der Waals surface area contributed by atoms with Crippen LogP contribution in [0.25, 0.3) is 11.3 Å². The summed E-state index contributed by atoms with van der Waals surface area (Å²) in [5, 5.41) is 17.7. The summed E-state index contributed by atoms with van der Waals surface area (Å²) >= 11 is 6.14. The topological polar surface area (TPSA) is 84.7 Å². The molecule has 140 valence electrons. The van der Waals surface area contributed by atoms with Gasteiger partial charge in [-0.15, -0.1) is 0 Å². The molecule has 0 aliphatic heterocycles. The second-order valence-corrected chi connectivity index (χ2v) is 6.56. The fourth-order valence-electron chi connectivity index (χ4n) is 2.49. The van der Waals surface area contributed by atoms with E-state index in [0.717, 1.165) is 19.3 Å². The molecule has 2 N–H and O–H groups in total. The summed E-state index contributed by atoms with van der Waals surface area (Å²) in [4.78, 5) is 8.46. The van der Waals surface area contributed by atoms with Crippen LogP contribution in [0.2, 0.25) is 5.02 Å². The lowest BCUT2D eigenvalue weighted by atomic mass is 9.96. The Bertz CT molecular complexity index is 733. The average Bonchev–Trinajstić information content (AvgIpc) is 2.56. The molecule has 0 amide bonds. The zero-order valence-electron chi connectivity index (χ0n) is 14.1. The van der Waals surface area contributed by atoms with Crippen LogP contribution in [0.3, 0.4) is 0 Å². The molecule has 2 aromatic rings. The van der Waals surface area contributed by atoms with E-state index < -0.39 is 12.1 Å². The Kier molecular flexibility index (Phi) is 6.24. The van der Waals surface area contributed by atoms with Crippen LogP contribution in [0.5, 0.6) is 11.6 Å². The Hall–Kier alpha value is -1.96. The fraction of sp³-hybridized carbons (Fsp3) is 0.444. The van der Waals surface area contributed by atoms with Crippen molar-refractivity contribution in [1.29, 1.82) is 0 Å². The highest BCUT2D eigenvalue weighted by atomic mass is 35.5. The summed E-state index contributed by atoms with van der Waals surface area (Å²) in [5.74, 6) is -0.284. The molecule has 0 saturated heterocycles. The summed E-state index contributed by atoms with van der Waals surface area (Å²) in [6.45, 7) is 0.123.